The van der Waals surface area contributed by atoms with E-state index in [1.165, 1.54) is 7.11 Å². The molecular formula is C20H19ClN2O4. The van der Waals surface area contributed by atoms with E-state index in [2.05, 4.69) is 10.1 Å². The summed E-state index contributed by atoms with van der Waals surface area (Å²) in [4.78, 5) is 38.0. The largest absolute Gasteiger partial charge is 0.465 e. The number of amides is 2. The predicted octanol–water partition coefficient (Wildman–Crippen LogP) is 3.43. The molecule has 1 heterocycles. The zero-order valence-corrected chi connectivity index (χ0v) is 15.7. The lowest BCUT2D eigenvalue weighted by molar-refractivity contribution is -0.122. The van der Waals surface area contributed by atoms with Crippen LogP contribution in [0, 0.1) is 12.8 Å². The third-order valence-electron chi connectivity index (χ3n) is 4.54. The van der Waals surface area contributed by atoms with Gasteiger partial charge in [0.05, 0.1) is 18.6 Å². The maximum atomic E-state index is 12.6. The minimum Gasteiger partial charge on any atom is -0.465 e. The number of benzene rings is 2. The number of hydrogen-bond acceptors (Lipinski definition) is 4. The van der Waals surface area contributed by atoms with Crippen LogP contribution in [0.1, 0.15) is 22.3 Å². The molecule has 1 atom stereocenters. The van der Waals surface area contributed by atoms with Gasteiger partial charge in [-0.25, -0.2) is 4.79 Å². The van der Waals surface area contributed by atoms with E-state index in [0.717, 1.165) is 5.56 Å². The van der Waals surface area contributed by atoms with Crippen LogP contribution in [-0.2, 0) is 14.3 Å². The van der Waals surface area contributed by atoms with E-state index in [9.17, 15) is 14.4 Å². The molecule has 7 heteroatoms. The van der Waals surface area contributed by atoms with E-state index in [4.69, 9.17) is 11.6 Å². The standard InChI is InChI=1S/C20H19ClN2O4/c1-12-9-15(21)5-8-17(12)22-19(25)14-10-18(24)23(11-14)16-6-3-13(4-7-16)20(26)27-2/h3-9,14H,10-11H2,1-2H3,(H,22,25). The van der Waals surface area contributed by atoms with E-state index in [1.54, 1.807) is 47.4 Å². The van der Waals surface area contributed by atoms with Crippen LogP contribution in [0.25, 0.3) is 0 Å². The molecular weight excluding hydrogens is 368 g/mol. The molecule has 2 amide bonds. The summed E-state index contributed by atoms with van der Waals surface area (Å²) in [6, 6.07) is 11.8. The summed E-state index contributed by atoms with van der Waals surface area (Å²) in [6.45, 7) is 2.14. The van der Waals surface area contributed by atoms with Crippen molar-refractivity contribution >= 4 is 40.8 Å². The number of methoxy groups -OCH3 is 1. The van der Waals surface area contributed by atoms with Crippen LogP contribution in [0.4, 0.5) is 11.4 Å². The van der Waals surface area contributed by atoms with Crippen molar-refractivity contribution in [2.24, 2.45) is 5.92 Å². The fourth-order valence-corrected chi connectivity index (χ4v) is 3.26. The Bertz CT molecular complexity index is 895. The third-order valence-corrected chi connectivity index (χ3v) is 4.78. The van der Waals surface area contributed by atoms with Crippen molar-refractivity contribution in [3.63, 3.8) is 0 Å². The van der Waals surface area contributed by atoms with Crippen LogP contribution in [0.15, 0.2) is 42.5 Å². The Kier molecular flexibility index (Phi) is 5.46. The molecule has 2 aromatic carbocycles. The maximum absolute atomic E-state index is 12.6. The second-order valence-electron chi connectivity index (χ2n) is 6.39. The van der Waals surface area contributed by atoms with E-state index >= 15 is 0 Å². The summed E-state index contributed by atoms with van der Waals surface area (Å²) in [5.41, 5.74) is 2.58. The molecule has 1 unspecified atom stereocenters. The lowest BCUT2D eigenvalue weighted by Gasteiger charge is -2.17. The zero-order chi connectivity index (χ0) is 19.6. The van der Waals surface area contributed by atoms with Gasteiger partial charge in [-0.1, -0.05) is 11.6 Å². The molecule has 3 rings (SSSR count). The fraction of sp³-hybridized carbons (Fsp3) is 0.250. The van der Waals surface area contributed by atoms with Crippen molar-refractivity contribution in [1.29, 1.82) is 0 Å². The van der Waals surface area contributed by atoms with Gasteiger partial charge in [0.25, 0.3) is 0 Å². The van der Waals surface area contributed by atoms with Crippen LogP contribution in [-0.4, -0.2) is 31.4 Å². The van der Waals surface area contributed by atoms with Gasteiger partial charge >= 0.3 is 5.97 Å². The number of aryl methyl sites for hydroxylation is 1. The Balaban J connectivity index is 1.69. The molecule has 0 bridgehead atoms. The molecule has 1 aliphatic heterocycles. The first-order chi connectivity index (χ1) is 12.9. The summed E-state index contributed by atoms with van der Waals surface area (Å²) >= 11 is 5.93. The highest BCUT2D eigenvalue weighted by Crippen LogP contribution is 2.27. The topological polar surface area (TPSA) is 75.7 Å². The third kappa shape index (κ3) is 4.11. The number of ether oxygens (including phenoxy) is 1. The fourth-order valence-electron chi connectivity index (χ4n) is 3.03. The molecule has 1 fully saturated rings. The van der Waals surface area contributed by atoms with E-state index in [-0.39, 0.29) is 24.8 Å². The summed E-state index contributed by atoms with van der Waals surface area (Å²) in [5, 5.41) is 3.47. The first-order valence-electron chi connectivity index (χ1n) is 8.45. The minimum absolute atomic E-state index is 0.131. The first kappa shape index (κ1) is 18.9. The molecule has 0 radical (unpaired) electrons. The van der Waals surface area contributed by atoms with Gasteiger partial charge in [-0.05, 0) is 55.0 Å². The van der Waals surface area contributed by atoms with Crippen LogP contribution < -0.4 is 10.2 Å². The number of anilines is 2. The molecule has 2 aromatic rings. The van der Waals surface area contributed by atoms with Crippen LogP contribution in [0.5, 0.6) is 0 Å². The first-order valence-corrected chi connectivity index (χ1v) is 8.82. The zero-order valence-electron chi connectivity index (χ0n) is 15.0. The van der Waals surface area contributed by atoms with Crippen molar-refractivity contribution in [3.8, 4) is 0 Å². The number of carbonyl (C=O) groups excluding carboxylic acids is 3. The Labute approximate surface area is 162 Å². The van der Waals surface area contributed by atoms with Gasteiger partial charge in [0.15, 0.2) is 0 Å². The number of hydrogen-bond donors (Lipinski definition) is 1. The van der Waals surface area contributed by atoms with Crippen molar-refractivity contribution in [2.75, 3.05) is 23.9 Å². The number of nitrogens with zero attached hydrogens (tertiary/aromatic N) is 1. The number of esters is 1. The lowest BCUT2D eigenvalue weighted by Crippen LogP contribution is -2.28. The quantitative estimate of drug-likeness (QED) is 0.817. The molecule has 140 valence electrons. The molecule has 0 aliphatic carbocycles. The van der Waals surface area contributed by atoms with Crippen molar-refractivity contribution in [2.45, 2.75) is 13.3 Å². The van der Waals surface area contributed by atoms with Gasteiger partial charge in [0.1, 0.15) is 0 Å². The Morgan fingerprint density at radius 2 is 1.89 bits per heavy atom. The highest BCUT2D eigenvalue weighted by Gasteiger charge is 2.35. The summed E-state index contributed by atoms with van der Waals surface area (Å²) in [5.74, 6) is -1.23. The lowest BCUT2D eigenvalue weighted by atomic mass is 10.1. The minimum atomic E-state index is -0.451. The summed E-state index contributed by atoms with van der Waals surface area (Å²) in [7, 11) is 1.31. The highest BCUT2D eigenvalue weighted by molar-refractivity contribution is 6.30. The van der Waals surface area contributed by atoms with Crippen LogP contribution in [0.2, 0.25) is 5.02 Å². The SMILES string of the molecule is COC(=O)c1ccc(N2CC(C(=O)Nc3ccc(Cl)cc3C)CC2=O)cc1. The molecule has 0 spiro atoms. The van der Waals surface area contributed by atoms with Gasteiger partial charge in [0, 0.05) is 29.4 Å². The van der Waals surface area contributed by atoms with Gasteiger partial charge in [0.2, 0.25) is 11.8 Å². The van der Waals surface area contributed by atoms with E-state index < -0.39 is 11.9 Å². The van der Waals surface area contributed by atoms with E-state index in [1.807, 2.05) is 6.92 Å². The molecule has 0 aromatic heterocycles. The second kappa shape index (κ2) is 7.80. The average molecular weight is 387 g/mol. The Morgan fingerprint density at radius 1 is 1.19 bits per heavy atom. The number of rotatable bonds is 4. The predicted molar refractivity (Wildman–Crippen MR) is 103 cm³/mol. The van der Waals surface area contributed by atoms with Crippen LogP contribution >= 0.6 is 11.6 Å². The molecule has 0 saturated carbocycles. The molecule has 1 saturated heterocycles. The maximum Gasteiger partial charge on any atom is 0.337 e. The van der Waals surface area contributed by atoms with Gasteiger partial charge in [-0.3, -0.25) is 9.59 Å². The van der Waals surface area contributed by atoms with Gasteiger partial charge < -0.3 is 15.0 Å². The molecule has 1 aliphatic rings. The summed E-state index contributed by atoms with van der Waals surface area (Å²) < 4.78 is 4.66. The number of nitrogens with one attached hydrogen (secondary N) is 1. The Morgan fingerprint density at radius 3 is 2.52 bits per heavy atom. The van der Waals surface area contributed by atoms with Crippen molar-refractivity contribution < 1.29 is 19.1 Å². The van der Waals surface area contributed by atoms with Crippen LogP contribution in [0.3, 0.4) is 0 Å². The molecule has 1 N–H and O–H groups in total. The normalized spacial score (nSPS) is 16.3. The number of halogens is 1. The van der Waals surface area contributed by atoms with Gasteiger partial charge in [-0.2, -0.15) is 0 Å². The Hall–Kier alpha value is -2.86. The highest BCUT2D eigenvalue weighted by atomic mass is 35.5. The second-order valence-corrected chi connectivity index (χ2v) is 6.83. The average Bonchev–Trinajstić information content (AvgIpc) is 3.05. The molecule has 27 heavy (non-hydrogen) atoms. The summed E-state index contributed by atoms with van der Waals surface area (Å²) in [6.07, 6.45) is 0.136. The van der Waals surface area contributed by atoms with Gasteiger partial charge in [-0.15, -0.1) is 0 Å². The van der Waals surface area contributed by atoms with Crippen molar-refractivity contribution in [1.82, 2.24) is 0 Å². The smallest absolute Gasteiger partial charge is 0.337 e. The van der Waals surface area contributed by atoms with Crippen molar-refractivity contribution in [3.05, 3.63) is 58.6 Å². The van der Waals surface area contributed by atoms with E-state index in [0.29, 0.717) is 22.0 Å². The number of carbonyl (C=O) groups is 3. The molecule has 6 nitrogen and oxygen atoms in total. The monoisotopic (exact) mass is 386 g/mol.